The minimum atomic E-state index is -0.346. The molecule has 1 fully saturated rings. The second-order valence-electron chi connectivity index (χ2n) is 3.88. The van der Waals surface area contributed by atoms with Gasteiger partial charge in [-0.2, -0.15) is 0 Å². The van der Waals surface area contributed by atoms with Gasteiger partial charge in [0.25, 0.3) is 0 Å². The van der Waals surface area contributed by atoms with Crippen LogP contribution in [0.15, 0.2) is 24.3 Å². The Kier molecular flexibility index (Phi) is 3.27. The average Bonchev–Trinajstić information content (AvgIpc) is 2.34. The molecule has 0 bridgehead atoms. The van der Waals surface area contributed by atoms with E-state index in [4.69, 9.17) is 4.74 Å². The Bertz CT molecular complexity index is 428. The van der Waals surface area contributed by atoms with E-state index in [9.17, 15) is 9.59 Å². The fourth-order valence-electron chi connectivity index (χ4n) is 1.72. The first-order valence-corrected chi connectivity index (χ1v) is 5.43. The van der Waals surface area contributed by atoms with E-state index < -0.39 is 0 Å². The van der Waals surface area contributed by atoms with Crippen LogP contribution in [0.5, 0.6) is 5.75 Å². The number of imide groups is 1. The highest BCUT2D eigenvalue weighted by Crippen LogP contribution is 2.17. The van der Waals surface area contributed by atoms with Crippen LogP contribution in [-0.2, 0) is 9.59 Å². The number of methoxy groups -OCH3 is 1. The highest BCUT2D eigenvalue weighted by Gasteiger charge is 2.26. The first kappa shape index (κ1) is 11.4. The molecule has 90 valence electrons. The van der Waals surface area contributed by atoms with Crippen molar-refractivity contribution < 1.29 is 14.3 Å². The molecule has 0 aromatic heterocycles. The van der Waals surface area contributed by atoms with Crippen molar-refractivity contribution in [3.8, 4) is 5.75 Å². The van der Waals surface area contributed by atoms with E-state index in [1.165, 1.54) is 0 Å². The fraction of sp³-hybridized carbons (Fsp3) is 0.333. The molecule has 1 aromatic rings. The molecule has 1 aliphatic heterocycles. The van der Waals surface area contributed by atoms with Gasteiger partial charge in [-0.25, -0.2) is 0 Å². The fourth-order valence-corrected chi connectivity index (χ4v) is 1.72. The molecule has 0 aliphatic carbocycles. The number of benzene rings is 1. The number of amides is 2. The van der Waals surface area contributed by atoms with Crippen molar-refractivity contribution in [2.75, 3.05) is 12.4 Å². The largest absolute Gasteiger partial charge is 0.497 e. The van der Waals surface area contributed by atoms with Gasteiger partial charge in [0.1, 0.15) is 11.8 Å². The quantitative estimate of drug-likeness (QED) is 0.763. The number of carbonyl (C=O) groups excluding carboxylic acids is 2. The number of piperidine rings is 1. The molecule has 5 heteroatoms. The SMILES string of the molecule is COc1ccc(NC2CCC(=O)NC2=O)cc1. The average molecular weight is 234 g/mol. The Balaban J connectivity index is 2.00. The smallest absolute Gasteiger partial charge is 0.249 e. The number of anilines is 1. The number of hydrogen-bond donors (Lipinski definition) is 2. The number of rotatable bonds is 3. The van der Waals surface area contributed by atoms with Gasteiger partial charge >= 0.3 is 0 Å². The van der Waals surface area contributed by atoms with Crippen LogP contribution in [0.4, 0.5) is 5.69 Å². The highest BCUT2D eigenvalue weighted by atomic mass is 16.5. The van der Waals surface area contributed by atoms with Gasteiger partial charge < -0.3 is 10.1 Å². The van der Waals surface area contributed by atoms with E-state index in [-0.39, 0.29) is 17.9 Å². The predicted octanol–water partition coefficient (Wildman–Crippen LogP) is 0.912. The molecule has 0 saturated carbocycles. The molecule has 5 nitrogen and oxygen atoms in total. The van der Waals surface area contributed by atoms with Crippen LogP contribution in [0.1, 0.15) is 12.8 Å². The zero-order chi connectivity index (χ0) is 12.3. The second kappa shape index (κ2) is 4.86. The van der Waals surface area contributed by atoms with E-state index in [0.29, 0.717) is 12.8 Å². The Hall–Kier alpha value is -2.04. The van der Waals surface area contributed by atoms with Crippen LogP contribution in [0, 0.1) is 0 Å². The van der Waals surface area contributed by atoms with Crippen molar-refractivity contribution in [3.05, 3.63) is 24.3 Å². The number of carbonyl (C=O) groups is 2. The van der Waals surface area contributed by atoms with Gasteiger partial charge in [-0.05, 0) is 30.7 Å². The summed E-state index contributed by atoms with van der Waals surface area (Å²) in [5.74, 6) is 0.290. The molecule has 1 heterocycles. The first-order chi connectivity index (χ1) is 8.19. The summed E-state index contributed by atoms with van der Waals surface area (Å²) >= 11 is 0. The molecule has 17 heavy (non-hydrogen) atoms. The molecule has 1 atom stereocenters. The third-order valence-electron chi connectivity index (χ3n) is 2.67. The maximum Gasteiger partial charge on any atom is 0.249 e. The van der Waals surface area contributed by atoms with Crippen LogP contribution < -0.4 is 15.4 Å². The lowest BCUT2D eigenvalue weighted by molar-refractivity contribution is -0.133. The van der Waals surface area contributed by atoms with E-state index in [1.54, 1.807) is 7.11 Å². The van der Waals surface area contributed by atoms with Crippen molar-refractivity contribution in [2.24, 2.45) is 0 Å². The minimum Gasteiger partial charge on any atom is -0.497 e. The van der Waals surface area contributed by atoms with Crippen molar-refractivity contribution in [1.29, 1.82) is 0 Å². The number of hydrogen-bond acceptors (Lipinski definition) is 4. The summed E-state index contributed by atoms with van der Waals surface area (Å²) in [6, 6.07) is 6.95. The summed E-state index contributed by atoms with van der Waals surface area (Å²) in [7, 11) is 1.60. The lowest BCUT2D eigenvalue weighted by atomic mass is 10.1. The van der Waals surface area contributed by atoms with Crippen LogP contribution >= 0.6 is 0 Å². The molecule has 0 radical (unpaired) electrons. The normalized spacial score (nSPS) is 19.7. The number of nitrogens with one attached hydrogen (secondary N) is 2. The molecule has 0 spiro atoms. The third kappa shape index (κ3) is 2.75. The van der Waals surface area contributed by atoms with Gasteiger partial charge in [0.05, 0.1) is 7.11 Å². The van der Waals surface area contributed by atoms with Gasteiger partial charge in [-0.15, -0.1) is 0 Å². The van der Waals surface area contributed by atoms with Gasteiger partial charge in [-0.3, -0.25) is 14.9 Å². The Labute approximate surface area is 99.2 Å². The molecule has 1 saturated heterocycles. The molecule has 2 amide bonds. The van der Waals surface area contributed by atoms with Crippen LogP contribution in [-0.4, -0.2) is 25.0 Å². The molecule has 2 N–H and O–H groups in total. The van der Waals surface area contributed by atoms with Crippen molar-refractivity contribution >= 4 is 17.5 Å². The first-order valence-electron chi connectivity index (χ1n) is 5.43. The van der Waals surface area contributed by atoms with Gasteiger partial charge in [0, 0.05) is 12.1 Å². The van der Waals surface area contributed by atoms with E-state index in [2.05, 4.69) is 10.6 Å². The maximum atomic E-state index is 11.5. The van der Waals surface area contributed by atoms with E-state index in [0.717, 1.165) is 11.4 Å². The molecule has 1 aliphatic rings. The zero-order valence-electron chi connectivity index (χ0n) is 9.53. The highest BCUT2D eigenvalue weighted by molar-refractivity contribution is 6.01. The van der Waals surface area contributed by atoms with Crippen molar-refractivity contribution in [3.63, 3.8) is 0 Å². The van der Waals surface area contributed by atoms with Gasteiger partial charge in [0.15, 0.2) is 0 Å². The lowest BCUT2D eigenvalue weighted by Gasteiger charge is -2.22. The lowest BCUT2D eigenvalue weighted by Crippen LogP contribution is -2.47. The topological polar surface area (TPSA) is 67.4 Å². The summed E-state index contributed by atoms with van der Waals surface area (Å²) in [6.07, 6.45) is 0.899. The Morgan fingerprint density at radius 2 is 2.00 bits per heavy atom. The third-order valence-corrected chi connectivity index (χ3v) is 2.67. The van der Waals surface area contributed by atoms with E-state index >= 15 is 0 Å². The summed E-state index contributed by atoms with van der Waals surface area (Å²) in [5.41, 5.74) is 0.834. The standard InChI is InChI=1S/C12H14N2O3/c1-17-9-4-2-8(3-5-9)13-10-6-7-11(15)14-12(10)16/h2-5,10,13H,6-7H2,1H3,(H,14,15,16). The zero-order valence-corrected chi connectivity index (χ0v) is 9.53. The molecular formula is C12H14N2O3. The van der Waals surface area contributed by atoms with Crippen LogP contribution in [0.3, 0.4) is 0 Å². The van der Waals surface area contributed by atoms with Crippen LogP contribution in [0.25, 0.3) is 0 Å². The van der Waals surface area contributed by atoms with E-state index in [1.807, 2.05) is 24.3 Å². The van der Waals surface area contributed by atoms with Gasteiger partial charge in [-0.1, -0.05) is 0 Å². The van der Waals surface area contributed by atoms with Gasteiger partial charge in [0.2, 0.25) is 11.8 Å². The molecular weight excluding hydrogens is 220 g/mol. The second-order valence-corrected chi connectivity index (χ2v) is 3.88. The maximum absolute atomic E-state index is 11.5. The monoisotopic (exact) mass is 234 g/mol. The molecule has 1 unspecified atom stereocenters. The summed E-state index contributed by atoms with van der Waals surface area (Å²) in [6.45, 7) is 0. The number of ether oxygens (including phenoxy) is 1. The predicted molar refractivity (Wildman–Crippen MR) is 62.8 cm³/mol. The molecule has 1 aromatic carbocycles. The Morgan fingerprint density at radius 1 is 1.29 bits per heavy atom. The van der Waals surface area contributed by atoms with Crippen LogP contribution in [0.2, 0.25) is 0 Å². The molecule has 2 rings (SSSR count). The van der Waals surface area contributed by atoms with Crippen molar-refractivity contribution in [1.82, 2.24) is 5.32 Å². The minimum absolute atomic E-state index is 0.206. The Morgan fingerprint density at radius 3 is 2.59 bits per heavy atom. The summed E-state index contributed by atoms with van der Waals surface area (Å²) in [4.78, 5) is 22.5. The van der Waals surface area contributed by atoms with Crippen molar-refractivity contribution in [2.45, 2.75) is 18.9 Å². The summed E-state index contributed by atoms with van der Waals surface area (Å²) in [5, 5.41) is 5.39. The summed E-state index contributed by atoms with van der Waals surface area (Å²) < 4.78 is 5.04.